The summed E-state index contributed by atoms with van der Waals surface area (Å²) in [7, 11) is 0. The molecule has 0 atom stereocenters. The van der Waals surface area contributed by atoms with E-state index in [9.17, 15) is 0 Å². The Balaban J connectivity index is 1.10. The maximum absolute atomic E-state index is 5.44. The van der Waals surface area contributed by atoms with E-state index in [1.165, 1.54) is 53.6 Å². The molecule has 1 aliphatic carbocycles. The minimum absolute atomic E-state index is 0.547. The molecule has 2 heterocycles. The van der Waals surface area contributed by atoms with Crippen LogP contribution in [0, 0.1) is 0 Å². The molecule has 0 radical (unpaired) electrons. The van der Waals surface area contributed by atoms with Crippen molar-refractivity contribution in [3.8, 4) is 67.5 Å². The monoisotopic (exact) mass is 807 g/mol. The highest BCUT2D eigenvalue weighted by molar-refractivity contribution is 7.25. The summed E-state index contributed by atoms with van der Waals surface area (Å²) in [5.41, 5.74) is 14.1. The van der Waals surface area contributed by atoms with Gasteiger partial charge in [0.25, 0.3) is 0 Å². The summed E-state index contributed by atoms with van der Waals surface area (Å²) in [5.74, 6) is 1.89. The molecule has 0 fully saturated rings. The molecule has 0 amide bonds. The Morgan fingerprint density at radius 1 is 0.323 bits per heavy atom. The number of aromatic nitrogens is 3. The standard InChI is InChI=1S/C58H37N3S/c1-4-18-38(19-5-1)39-20-14-22-41(36-39)55-59-56(42-23-15-21-40(37-42)45-30-17-35-52-54(45)47-29-11-13-34-51(47)62-52)61-57(60-55)48-31-16-33-50-53(48)46-28-10-12-32-49(46)58(50,43-24-6-2-7-25-43)44-26-8-3-9-27-44/h1-37H. The Morgan fingerprint density at radius 2 is 0.806 bits per heavy atom. The van der Waals surface area contributed by atoms with E-state index < -0.39 is 5.41 Å². The lowest BCUT2D eigenvalue weighted by Gasteiger charge is -2.33. The SMILES string of the molecule is c1ccc(-c2cccc(-c3nc(-c4cccc(-c5cccc6sc7ccccc7c56)c4)nc(-c4cccc5c4-c4ccccc4C5(c4ccccc4)c4ccccc4)n3)c2)cc1. The Labute approximate surface area is 364 Å². The third-order valence-corrected chi connectivity index (χ3v) is 13.6. The van der Waals surface area contributed by atoms with Crippen LogP contribution >= 0.6 is 11.3 Å². The lowest BCUT2D eigenvalue weighted by molar-refractivity contribution is 0.768. The van der Waals surface area contributed by atoms with Gasteiger partial charge >= 0.3 is 0 Å². The first-order chi connectivity index (χ1) is 30.7. The first-order valence-electron chi connectivity index (χ1n) is 21.0. The maximum atomic E-state index is 5.44. The molecule has 0 bridgehead atoms. The molecule has 4 heteroatoms. The number of nitrogens with zero attached hydrogens (tertiary/aromatic N) is 3. The van der Waals surface area contributed by atoms with Crippen molar-refractivity contribution in [1.29, 1.82) is 0 Å². The molecule has 0 N–H and O–H groups in total. The van der Waals surface area contributed by atoms with Gasteiger partial charge in [0.15, 0.2) is 17.5 Å². The highest BCUT2D eigenvalue weighted by atomic mass is 32.1. The summed E-state index contributed by atoms with van der Waals surface area (Å²) in [6.45, 7) is 0. The van der Waals surface area contributed by atoms with E-state index in [0.717, 1.165) is 38.9 Å². The molecule has 0 saturated carbocycles. The van der Waals surface area contributed by atoms with Crippen molar-refractivity contribution in [3.63, 3.8) is 0 Å². The largest absolute Gasteiger partial charge is 0.208 e. The molecule has 0 spiro atoms. The fourth-order valence-corrected chi connectivity index (χ4v) is 10.9. The van der Waals surface area contributed by atoms with Crippen LogP contribution in [-0.2, 0) is 5.41 Å². The van der Waals surface area contributed by atoms with Gasteiger partial charge in [-0.15, -0.1) is 11.3 Å². The summed E-state index contributed by atoms with van der Waals surface area (Å²) in [6.07, 6.45) is 0. The smallest absolute Gasteiger partial charge is 0.164 e. The number of hydrogen-bond donors (Lipinski definition) is 0. The highest BCUT2D eigenvalue weighted by Gasteiger charge is 2.47. The van der Waals surface area contributed by atoms with E-state index in [4.69, 9.17) is 15.0 Å². The molecule has 2 aromatic heterocycles. The molecule has 11 aromatic rings. The predicted molar refractivity (Wildman–Crippen MR) is 257 cm³/mol. The Hall–Kier alpha value is -7.79. The Bertz CT molecular complexity index is 3430. The molecule has 1 aliphatic rings. The first-order valence-corrected chi connectivity index (χ1v) is 21.8. The molecule has 0 aliphatic heterocycles. The highest BCUT2D eigenvalue weighted by Crippen LogP contribution is 2.58. The molecular weight excluding hydrogens is 771 g/mol. The second-order valence-electron chi connectivity index (χ2n) is 15.9. The lowest BCUT2D eigenvalue weighted by Crippen LogP contribution is -2.28. The quantitative estimate of drug-likeness (QED) is 0.161. The van der Waals surface area contributed by atoms with Gasteiger partial charge in [0.2, 0.25) is 0 Å². The lowest BCUT2D eigenvalue weighted by atomic mass is 9.67. The molecule has 290 valence electrons. The summed E-state index contributed by atoms with van der Waals surface area (Å²) in [4.78, 5) is 16.2. The molecule has 0 unspecified atom stereocenters. The fraction of sp³-hybridized carbons (Fsp3) is 0.0172. The van der Waals surface area contributed by atoms with Gasteiger partial charge in [-0.25, -0.2) is 15.0 Å². The fourth-order valence-electron chi connectivity index (χ4n) is 9.74. The van der Waals surface area contributed by atoms with Crippen LogP contribution in [0.15, 0.2) is 224 Å². The third kappa shape index (κ3) is 5.76. The zero-order valence-corrected chi connectivity index (χ0v) is 34.4. The molecule has 3 nitrogen and oxygen atoms in total. The van der Waals surface area contributed by atoms with Crippen LogP contribution in [0.2, 0.25) is 0 Å². The number of fused-ring (bicyclic) bond motifs is 6. The van der Waals surface area contributed by atoms with Crippen molar-refractivity contribution in [3.05, 3.63) is 247 Å². The van der Waals surface area contributed by atoms with Crippen LogP contribution in [0.3, 0.4) is 0 Å². The van der Waals surface area contributed by atoms with E-state index in [2.05, 4.69) is 218 Å². The van der Waals surface area contributed by atoms with E-state index in [0.29, 0.717) is 17.5 Å². The first kappa shape index (κ1) is 36.1. The normalized spacial score (nSPS) is 12.6. The van der Waals surface area contributed by atoms with Crippen LogP contribution in [0.1, 0.15) is 22.3 Å². The maximum Gasteiger partial charge on any atom is 0.164 e. The number of thiophene rings is 1. The predicted octanol–water partition coefficient (Wildman–Crippen LogP) is 14.9. The van der Waals surface area contributed by atoms with Crippen LogP contribution < -0.4 is 0 Å². The van der Waals surface area contributed by atoms with E-state index in [1.807, 2.05) is 17.4 Å². The summed E-state index contributed by atoms with van der Waals surface area (Å²) in [6, 6.07) is 80.4. The molecule has 62 heavy (non-hydrogen) atoms. The van der Waals surface area contributed by atoms with Gasteiger partial charge in [-0.2, -0.15) is 0 Å². The van der Waals surface area contributed by atoms with E-state index in [1.54, 1.807) is 0 Å². The van der Waals surface area contributed by atoms with Crippen molar-refractivity contribution in [2.75, 3.05) is 0 Å². The number of rotatable bonds is 7. The minimum atomic E-state index is -0.547. The summed E-state index contributed by atoms with van der Waals surface area (Å²) in [5, 5.41) is 2.55. The second kappa shape index (κ2) is 14.7. The van der Waals surface area contributed by atoms with Gasteiger partial charge in [-0.3, -0.25) is 0 Å². The Morgan fingerprint density at radius 3 is 1.55 bits per heavy atom. The van der Waals surface area contributed by atoms with E-state index in [-0.39, 0.29) is 0 Å². The summed E-state index contributed by atoms with van der Waals surface area (Å²) < 4.78 is 2.56. The van der Waals surface area contributed by atoms with Gasteiger partial charge in [0.1, 0.15) is 0 Å². The van der Waals surface area contributed by atoms with Crippen molar-refractivity contribution in [2.24, 2.45) is 0 Å². The zero-order chi connectivity index (χ0) is 41.0. The third-order valence-electron chi connectivity index (χ3n) is 12.4. The van der Waals surface area contributed by atoms with Gasteiger partial charge < -0.3 is 0 Å². The van der Waals surface area contributed by atoms with Crippen molar-refractivity contribution in [2.45, 2.75) is 5.41 Å². The number of benzene rings is 9. The van der Waals surface area contributed by atoms with Gasteiger partial charge in [-0.05, 0) is 79.9 Å². The average molecular weight is 808 g/mol. The molecular formula is C58H37N3S. The summed E-state index contributed by atoms with van der Waals surface area (Å²) >= 11 is 1.84. The van der Waals surface area contributed by atoms with Crippen LogP contribution in [0.25, 0.3) is 87.7 Å². The van der Waals surface area contributed by atoms with Crippen molar-refractivity contribution < 1.29 is 0 Å². The zero-order valence-electron chi connectivity index (χ0n) is 33.6. The minimum Gasteiger partial charge on any atom is -0.208 e. The number of hydrogen-bond acceptors (Lipinski definition) is 4. The molecule has 9 aromatic carbocycles. The average Bonchev–Trinajstić information content (AvgIpc) is 3.89. The van der Waals surface area contributed by atoms with Gasteiger partial charge in [0, 0.05) is 36.9 Å². The van der Waals surface area contributed by atoms with Crippen LogP contribution in [0.4, 0.5) is 0 Å². The van der Waals surface area contributed by atoms with Gasteiger partial charge in [-0.1, -0.05) is 200 Å². The molecule has 0 saturated heterocycles. The van der Waals surface area contributed by atoms with Crippen LogP contribution in [0.5, 0.6) is 0 Å². The Kier molecular flexibility index (Phi) is 8.58. The second-order valence-corrected chi connectivity index (χ2v) is 17.0. The van der Waals surface area contributed by atoms with Gasteiger partial charge in [0.05, 0.1) is 5.41 Å². The van der Waals surface area contributed by atoms with E-state index >= 15 is 0 Å². The topological polar surface area (TPSA) is 38.7 Å². The van der Waals surface area contributed by atoms with Crippen molar-refractivity contribution in [1.82, 2.24) is 15.0 Å². The van der Waals surface area contributed by atoms with Crippen LogP contribution in [-0.4, -0.2) is 15.0 Å². The molecule has 12 rings (SSSR count). The van der Waals surface area contributed by atoms with Crippen molar-refractivity contribution >= 4 is 31.5 Å².